The first kappa shape index (κ1) is 12.4. The molecule has 0 amide bonds. The van der Waals surface area contributed by atoms with Crippen LogP contribution in [0.15, 0.2) is 45.9 Å². The normalized spacial score (nSPS) is 10.6. The van der Waals surface area contributed by atoms with Gasteiger partial charge in [-0.15, -0.1) is 0 Å². The van der Waals surface area contributed by atoms with Crippen molar-refractivity contribution in [3.63, 3.8) is 0 Å². The van der Waals surface area contributed by atoms with Gasteiger partial charge in [0.15, 0.2) is 0 Å². The molecule has 18 heavy (non-hydrogen) atoms. The zero-order chi connectivity index (χ0) is 13.0. The molecule has 4 nitrogen and oxygen atoms in total. The first-order valence-electron chi connectivity index (χ1n) is 5.95. The first-order chi connectivity index (χ1) is 8.66. The van der Waals surface area contributed by atoms with Gasteiger partial charge < -0.3 is 9.73 Å². The maximum Gasteiger partial charge on any atom is 0.359 e. The van der Waals surface area contributed by atoms with Crippen molar-refractivity contribution in [3.05, 3.63) is 47.1 Å². The van der Waals surface area contributed by atoms with Gasteiger partial charge in [-0.05, 0) is 30.2 Å². The van der Waals surface area contributed by atoms with Gasteiger partial charge in [0, 0.05) is 24.5 Å². The van der Waals surface area contributed by atoms with Crippen LogP contribution in [0.2, 0.25) is 0 Å². The summed E-state index contributed by atoms with van der Waals surface area (Å²) in [6.45, 7) is 4.91. The zero-order valence-corrected chi connectivity index (χ0v) is 10.5. The molecule has 0 radical (unpaired) electrons. The minimum absolute atomic E-state index is 0.350. The summed E-state index contributed by atoms with van der Waals surface area (Å²) >= 11 is 0. The summed E-state index contributed by atoms with van der Waals surface area (Å²) in [6, 6.07) is 7.18. The lowest BCUT2D eigenvalue weighted by atomic mass is 10.2. The molecule has 0 aliphatic heterocycles. The molecule has 0 aliphatic rings. The average molecular weight is 244 g/mol. The number of aromatic nitrogens is 1. The highest BCUT2D eigenvalue weighted by atomic mass is 16.4. The van der Waals surface area contributed by atoms with Crippen LogP contribution in [0.3, 0.4) is 0 Å². The number of nitrogens with zero attached hydrogens (tertiary/aromatic N) is 1. The maximum absolute atomic E-state index is 11.8. The quantitative estimate of drug-likeness (QED) is 0.898. The minimum Gasteiger partial charge on any atom is -0.421 e. The van der Waals surface area contributed by atoms with Gasteiger partial charge in [0.25, 0.3) is 0 Å². The van der Waals surface area contributed by atoms with Crippen molar-refractivity contribution >= 4 is 5.69 Å². The maximum atomic E-state index is 11.8. The summed E-state index contributed by atoms with van der Waals surface area (Å²) in [6.07, 6.45) is 3.35. The van der Waals surface area contributed by atoms with Crippen LogP contribution in [-0.2, 0) is 0 Å². The van der Waals surface area contributed by atoms with Crippen LogP contribution in [0.25, 0.3) is 11.3 Å². The Morgan fingerprint density at radius 3 is 2.78 bits per heavy atom. The molecule has 0 bridgehead atoms. The molecule has 94 valence electrons. The Kier molecular flexibility index (Phi) is 3.77. The highest BCUT2D eigenvalue weighted by Crippen LogP contribution is 2.17. The van der Waals surface area contributed by atoms with E-state index in [1.54, 1.807) is 30.6 Å². The van der Waals surface area contributed by atoms with Crippen molar-refractivity contribution in [1.29, 1.82) is 0 Å². The Balaban J connectivity index is 2.23. The van der Waals surface area contributed by atoms with Crippen LogP contribution < -0.4 is 10.9 Å². The Morgan fingerprint density at radius 2 is 2.17 bits per heavy atom. The van der Waals surface area contributed by atoms with Crippen LogP contribution in [0.4, 0.5) is 5.69 Å². The second-order valence-electron chi connectivity index (χ2n) is 4.52. The average Bonchev–Trinajstić information content (AvgIpc) is 2.38. The minimum atomic E-state index is -0.350. The predicted octanol–water partition coefficient (Wildman–Crippen LogP) is 2.77. The lowest BCUT2D eigenvalue weighted by Crippen LogP contribution is -2.14. The van der Waals surface area contributed by atoms with Crippen LogP contribution in [0.1, 0.15) is 13.8 Å². The van der Waals surface area contributed by atoms with Crippen LogP contribution in [-0.4, -0.2) is 11.5 Å². The number of anilines is 1. The number of hydrogen-bond acceptors (Lipinski definition) is 4. The lowest BCUT2D eigenvalue weighted by Gasteiger charge is -2.07. The fraction of sp³-hybridized carbons (Fsp3) is 0.286. The molecule has 0 saturated carbocycles. The van der Waals surface area contributed by atoms with E-state index in [9.17, 15) is 4.79 Å². The standard InChI is InChI=1S/C14H16N2O2/c1-10(2)8-16-12-5-6-13(18-14(12)17)11-4-3-7-15-9-11/h3-7,9-10,16H,8H2,1-2H3. The van der Waals surface area contributed by atoms with E-state index < -0.39 is 0 Å². The van der Waals surface area contributed by atoms with E-state index >= 15 is 0 Å². The predicted molar refractivity (Wildman–Crippen MR) is 71.5 cm³/mol. The molecule has 2 rings (SSSR count). The van der Waals surface area contributed by atoms with Crippen molar-refractivity contribution < 1.29 is 4.42 Å². The second kappa shape index (κ2) is 5.49. The number of pyridine rings is 1. The fourth-order valence-electron chi connectivity index (χ4n) is 1.52. The fourth-order valence-corrected chi connectivity index (χ4v) is 1.52. The SMILES string of the molecule is CC(C)CNc1ccc(-c2cccnc2)oc1=O. The molecule has 0 unspecified atom stereocenters. The monoisotopic (exact) mass is 244 g/mol. The molecular weight excluding hydrogens is 228 g/mol. The molecule has 0 saturated heterocycles. The van der Waals surface area contributed by atoms with Gasteiger partial charge in [0.05, 0.1) is 0 Å². The molecule has 0 atom stereocenters. The molecule has 0 spiro atoms. The molecule has 0 aliphatic carbocycles. The largest absolute Gasteiger partial charge is 0.421 e. The highest BCUT2D eigenvalue weighted by Gasteiger charge is 2.05. The smallest absolute Gasteiger partial charge is 0.359 e. The Hall–Kier alpha value is -2.10. The third-order valence-electron chi connectivity index (χ3n) is 2.47. The third kappa shape index (κ3) is 2.97. The molecule has 2 aromatic heterocycles. The van der Waals surface area contributed by atoms with Crippen LogP contribution >= 0.6 is 0 Å². The number of nitrogens with one attached hydrogen (secondary N) is 1. The van der Waals surface area contributed by atoms with Crippen molar-refractivity contribution in [2.75, 3.05) is 11.9 Å². The van der Waals surface area contributed by atoms with Crippen molar-refractivity contribution in [1.82, 2.24) is 4.98 Å². The number of rotatable bonds is 4. The molecule has 2 heterocycles. The van der Waals surface area contributed by atoms with E-state index in [0.717, 1.165) is 12.1 Å². The van der Waals surface area contributed by atoms with E-state index in [-0.39, 0.29) is 5.63 Å². The topological polar surface area (TPSA) is 55.1 Å². The highest BCUT2D eigenvalue weighted by molar-refractivity contribution is 5.57. The molecule has 0 aromatic carbocycles. The summed E-state index contributed by atoms with van der Waals surface area (Å²) < 4.78 is 5.27. The summed E-state index contributed by atoms with van der Waals surface area (Å²) in [5, 5.41) is 3.07. The van der Waals surface area contributed by atoms with E-state index in [1.165, 1.54) is 0 Å². The summed E-state index contributed by atoms with van der Waals surface area (Å²) in [7, 11) is 0. The second-order valence-corrected chi connectivity index (χ2v) is 4.52. The van der Waals surface area contributed by atoms with Crippen molar-refractivity contribution in [2.45, 2.75) is 13.8 Å². The van der Waals surface area contributed by atoms with E-state index in [0.29, 0.717) is 17.4 Å². The summed E-state index contributed by atoms with van der Waals surface area (Å²) in [5.74, 6) is 1.01. The van der Waals surface area contributed by atoms with Crippen LogP contribution in [0, 0.1) is 5.92 Å². The molecule has 1 N–H and O–H groups in total. The van der Waals surface area contributed by atoms with Gasteiger partial charge in [-0.1, -0.05) is 13.8 Å². The Morgan fingerprint density at radius 1 is 1.33 bits per heavy atom. The molecule has 0 fully saturated rings. The van der Waals surface area contributed by atoms with Gasteiger partial charge in [-0.25, -0.2) is 4.79 Å². The van der Waals surface area contributed by atoms with Gasteiger partial charge in [-0.3, -0.25) is 4.98 Å². The van der Waals surface area contributed by atoms with Crippen molar-refractivity contribution in [2.24, 2.45) is 5.92 Å². The Labute approximate surface area is 106 Å². The van der Waals surface area contributed by atoms with Gasteiger partial charge in [0.2, 0.25) is 0 Å². The van der Waals surface area contributed by atoms with Gasteiger partial charge >= 0.3 is 5.63 Å². The first-order valence-corrected chi connectivity index (χ1v) is 5.95. The molecular formula is C14H16N2O2. The van der Waals surface area contributed by atoms with E-state index in [2.05, 4.69) is 24.1 Å². The summed E-state index contributed by atoms with van der Waals surface area (Å²) in [4.78, 5) is 15.8. The molecule has 4 heteroatoms. The number of hydrogen-bond donors (Lipinski definition) is 1. The van der Waals surface area contributed by atoms with Gasteiger partial charge in [0.1, 0.15) is 11.4 Å². The lowest BCUT2D eigenvalue weighted by molar-refractivity contribution is 0.527. The van der Waals surface area contributed by atoms with Crippen LogP contribution in [0.5, 0.6) is 0 Å². The third-order valence-corrected chi connectivity index (χ3v) is 2.47. The van der Waals surface area contributed by atoms with E-state index in [1.807, 2.05) is 6.07 Å². The Bertz CT molecular complexity index is 562. The van der Waals surface area contributed by atoms with Crippen molar-refractivity contribution in [3.8, 4) is 11.3 Å². The summed E-state index contributed by atoms with van der Waals surface area (Å²) in [5.41, 5.74) is 0.943. The molecule has 2 aromatic rings. The van der Waals surface area contributed by atoms with E-state index in [4.69, 9.17) is 4.42 Å². The van der Waals surface area contributed by atoms with Gasteiger partial charge in [-0.2, -0.15) is 0 Å². The zero-order valence-electron chi connectivity index (χ0n) is 10.5.